The van der Waals surface area contributed by atoms with Gasteiger partial charge in [0.15, 0.2) is 0 Å². The van der Waals surface area contributed by atoms with Crippen LogP contribution in [0.4, 0.5) is 0 Å². The van der Waals surface area contributed by atoms with Crippen LogP contribution in [0.1, 0.15) is 0 Å². The monoisotopic (exact) mass is 252 g/mol. The molecule has 0 radical (unpaired) electrons. The Balaban J connectivity index is 3.91. The molecule has 0 aromatic heterocycles. The van der Waals surface area contributed by atoms with Gasteiger partial charge >= 0.3 is 13.6 Å². The number of rotatable bonds is 7. The van der Waals surface area contributed by atoms with E-state index in [0.717, 1.165) is 6.08 Å². The predicted octanol–water partition coefficient (Wildman–Crippen LogP) is -0.0303. The van der Waals surface area contributed by atoms with Gasteiger partial charge in [-0.15, -0.1) is 0 Å². The number of hydrogen-bond donors (Lipinski definition) is 2. The Morgan fingerprint density at radius 1 is 1.44 bits per heavy atom. The molecular formula is C9H19NO5P+. The van der Waals surface area contributed by atoms with Gasteiger partial charge in [0.05, 0.1) is 26.8 Å². The summed E-state index contributed by atoms with van der Waals surface area (Å²) in [6, 6.07) is 0. The second kappa shape index (κ2) is 6.15. The molecule has 0 aromatic carbocycles. The van der Waals surface area contributed by atoms with Gasteiger partial charge in [0, 0.05) is 6.08 Å². The Morgan fingerprint density at radius 2 is 2.00 bits per heavy atom. The van der Waals surface area contributed by atoms with Gasteiger partial charge < -0.3 is 19.0 Å². The van der Waals surface area contributed by atoms with Gasteiger partial charge in [-0.1, -0.05) is 6.58 Å². The standard InChI is InChI=1S/C9H18NO5P/c1-4-9(11)15-7-5-10(2,3)6-8-16(12,13)14/h4H,1,5-8H2,2-3H3,(H-,12,13,14)/p+1. The molecule has 6 nitrogen and oxygen atoms in total. The number of quaternary nitrogens is 1. The summed E-state index contributed by atoms with van der Waals surface area (Å²) in [6.45, 7) is 4.30. The highest BCUT2D eigenvalue weighted by atomic mass is 31.2. The summed E-state index contributed by atoms with van der Waals surface area (Å²) in [5.41, 5.74) is 0. The van der Waals surface area contributed by atoms with Crippen molar-refractivity contribution in [2.45, 2.75) is 0 Å². The lowest BCUT2D eigenvalue weighted by Crippen LogP contribution is -2.44. The molecule has 0 saturated carbocycles. The van der Waals surface area contributed by atoms with Crippen LogP contribution in [-0.2, 0) is 14.1 Å². The number of carbonyl (C=O) groups excluding carboxylic acids is 1. The number of likely N-dealkylation sites (N-methyl/N-ethyl adjacent to an activating group) is 1. The average Bonchev–Trinajstić information content (AvgIpc) is 2.13. The SMILES string of the molecule is C=CC(=O)OCC[N+](C)(C)CCP(=O)(O)O. The van der Waals surface area contributed by atoms with Crippen molar-refractivity contribution in [3.63, 3.8) is 0 Å². The molecule has 0 amide bonds. The fraction of sp³-hybridized carbons (Fsp3) is 0.667. The molecule has 0 aliphatic heterocycles. The number of ether oxygens (including phenoxy) is 1. The van der Waals surface area contributed by atoms with Crippen molar-refractivity contribution in [1.82, 2.24) is 0 Å². The molecular weight excluding hydrogens is 233 g/mol. The highest BCUT2D eigenvalue weighted by molar-refractivity contribution is 7.51. The van der Waals surface area contributed by atoms with E-state index in [9.17, 15) is 9.36 Å². The third-order valence-electron chi connectivity index (χ3n) is 2.10. The van der Waals surface area contributed by atoms with E-state index >= 15 is 0 Å². The van der Waals surface area contributed by atoms with E-state index in [-0.39, 0.29) is 12.8 Å². The van der Waals surface area contributed by atoms with Crippen LogP contribution >= 0.6 is 7.60 Å². The normalized spacial score (nSPS) is 12.2. The van der Waals surface area contributed by atoms with Gasteiger partial charge in [0.25, 0.3) is 0 Å². The number of carbonyl (C=O) groups is 1. The maximum absolute atomic E-state index is 10.7. The van der Waals surface area contributed by atoms with Crippen LogP contribution in [0.5, 0.6) is 0 Å². The molecule has 0 rings (SSSR count). The van der Waals surface area contributed by atoms with Crippen molar-refractivity contribution < 1.29 is 28.4 Å². The van der Waals surface area contributed by atoms with Gasteiger partial charge in [-0.25, -0.2) is 4.79 Å². The van der Waals surface area contributed by atoms with Gasteiger partial charge in [-0.2, -0.15) is 0 Å². The zero-order valence-corrected chi connectivity index (χ0v) is 10.5. The average molecular weight is 252 g/mol. The minimum absolute atomic E-state index is 0.171. The smallest absolute Gasteiger partial charge is 0.331 e. The first-order valence-corrected chi connectivity index (χ1v) is 6.62. The van der Waals surface area contributed by atoms with Crippen LogP contribution in [0.25, 0.3) is 0 Å². The lowest BCUT2D eigenvalue weighted by molar-refractivity contribution is -0.888. The first-order valence-electron chi connectivity index (χ1n) is 4.82. The minimum atomic E-state index is -3.96. The molecule has 0 aliphatic rings. The Bertz CT molecular complexity index is 296. The Kier molecular flexibility index (Phi) is 5.89. The summed E-state index contributed by atoms with van der Waals surface area (Å²) in [6.07, 6.45) is 0.908. The Labute approximate surface area is 95.3 Å². The zero-order valence-electron chi connectivity index (χ0n) is 9.63. The van der Waals surface area contributed by atoms with E-state index in [1.54, 1.807) is 0 Å². The van der Waals surface area contributed by atoms with Crippen molar-refractivity contribution in [2.24, 2.45) is 0 Å². The quantitative estimate of drug-likeness (QED) is 0.288. The van der Waals surface area contributed by atoms with Crippen LogP contribution < -0.4 is 0 Å². The first-order chi connectivity index (χ1) is 7.16. The molecule has 16 heavy (non-hydrogen) atoms. The molecule has 0 heterocycles. The largest absolute Gasteiger partial charge is 0.457 e. The van der Waals surface area contributed by atoms with Crippen molar-refractivity contribution in [1.29, 1.82) is 0 Å². The van der Waals surface area contributed by atoms with E-state index in [0.29, 0.717) is 17.6 Å². The molecule has 7 heteroatoms. The fourth-order valence-electron chi connectivity index (χ4n) is 0.965. The molecule has 0 aliphatic carbocycles. The molecule has 0 fully saturated rings. The van der Waals surface area contributed by atoms with Crippen LogP contribution in [0.3, 0.4) is 0 Å². The molecule has 0 aromatic rings. The van der Waals surface area contributed by atoms with Crippen LogP contribution in [0, 0.1) is 0 Å². The molecule has 0 spiro atoms. The Hall–Kier alpha value is -0.680. The highest BCUT2D eigenvalue weighted by Gasteiger charge is 2.22. The third-order valence-corrected chi connectivity index (χ3v) is 2.89. The summed E-state index contributed by atoms with van der Waals surface area (Å²) in [4.78, 5) is 28.2. The highest BCUT2D eigenvalue weighted by Crippen LogP contribution is 2.34. The molecule has 0 bridgehead atoms. The Morgan fingerprint density at radius 3 is 2.44 bits per heavy atom. The van der Waals surface area contributed by atoms with Gasteiger partial charge in [-0.05, 0) is 0 Å². The first kappa shape index (κ1) is 15.3. The molecule has 0 atom stereocenters. The van der Waals surface area contributed by atoms with Gasteiger partial charge in [-0.3, -0.25) is 4.57 Å². The third kappa shape index (κ3) is 8.61. The summed E-state index contributed by atoms with van der Waals surface area (Å²) in [7, 11) is -0.325. The predicted molar refractivity (Wildman–Crippen MR) is 59.9 cm³/mol. The lowest BCUT2D eigenvalue weighted by Gasteiger charge is -2.29. The summed E-state index contributed by atoms with van der Waals surface area (Å²) >= 11 is 0. The second-order valence-electron chi connectivity index (χ2n) is 4.14. The fourth-order valence-corrected chi connectivity index (χ4v) is 1.77. The van der Waals surface area contributed by atoms with Gasteiger partial charge in [0.2, 0.25) is 0 Å². The maximum Gasteiger partial charge on any atom is 0.331 e. The van der Waals surface area contributed by atoms with E-state index in [2.05, 4.69) is 6.58 Å². The maximum atomic E-state index is 10.7. The molecule has 2 N–H and O–H groups in total. The number of esters is 1. The van der Waals surface area contributed by atoms with Crippen molar-refractivity contribution in [3.8, 4) is 0 Å². The van der Waals surface area contributed by atoms with E-state index in [1.807, 2.05) is 14.1 Å². The van der Waals surface area contributed by atoms with Crippen molar-refractivity contribution >= 4 is 13.6 Å². The van der Waals surface area contributed by atoms with Crippen LogP contribution in [0.15, 0.2) is 12.7 Å². The minimum Gasteiger partial charge on any atom is -0.457 e. The van der Waals surface area contributed by atoms with Crippen LogP contribution in [-0.4, -0.2) is 60.2 Å². The molecule has 94 valence electrons. The zero-order chi connectivity index (χ0) is 12.8. The van der Waals surface area contributed by atoms with Crippen molar-refractivity contribution in [2.75, 3.05) is 40.0 Å². The topological polar surface area (TPSA) is 83.8 Å². The van der Waals surface area contributed by atoms with E-state index in [1.165, 1.54) is 0 Å². The lowest BCUT2D eigenvalue weighted by atomic mass is 10.4. The van der Waals surface area contributed by atoms with Crippen LogP contribution in [0.2, 0.25) is 0 Å². The second-order valence-corrected chi connectivity index (χ2v) is 5.92. The summed E-state index contributed by atoms with van der Waals surface area (Å²) < 4.78 is 15.9. The summed E-state index contributed by atoms with van der Waals surface area (Å²) in [5, 5.41) is 0. The van der Waals surface area contributed by atoms with E-state index in [4.69, 9.17) is 14.5 Å². The summed E-state index contributed by atoms with van der Waals surface area (Å²) in [5.74, 6) is -0.491. The number of nitrogens with zero attached hydrogens (tertiary/aromatic N) is 1. The molecule has 0 unspecified atom stereocenters. The van der Waals surface area contributed by atoms with Crippen molar-refractivity contribution in [3.05, 3.63) is 12.7 Å². The molecule has 0 saturated heterocycles. The van der Waals surface area contributed by atoms with E-state index < -0.39 is 13.6 Å². The van der Waals surface area contributed by atoms with Gasteiger partial charge in [0.1, 0.15) is 13.2 Å². The number of hydrogen-bond acceptors (Lipinski definition) is 3.